The molecule has 12 heteroatoms. The zero-order valence-electron chi connectivity index (χ0n) is 27.8. The zero-order valence-corrected chi connectivity index (χ0v) is 29.4. The van der Waals surface area contributed by atoms with Gasteiger partial charge in [0.25, 0.3) is 0 Å². The molecule has 8 aromatic rings. The van der Waals surface area contributed by atoms with Crippen molar-refractivity contribution in [3.05, 3.63) is 141 Å². The predicted octanol–water partition coefficient (Wildman–Crippen LogP) is 8.94. The zero-order chi connectivity index (χ0) is 35.9. The first-order chi connectivity index (χ1) is 25.4. The van der Waals surface area contributed by atoms with Crippen molar-refractivity contribution in [3.8, 4) is 11.4 Å². The minimum atomic E-state index is -0.615. The number of carbonyl (C=O) groups excluding carboxylic acids is 2. The van der Waals surface area contributed by atoms with Crippen LogP contribution in [0.1, 0.15) is 34.6 Å². The van der Waals surface area contributed by atoms with Gasteiger partial charge in [-0.2, -0.15) is 0 Å². The molecule has 0 aliphatic carbocycles. The van der Waals surface area contributed by atoms with Crippen LogP contribution in [0, 0.1) is 0 Å². The number of carbonyl (C=O) groups is 2. The van der Waals surface area contributed by atoms with Crippen molar-refractivity contribution in [1.29, 1.82) is 0 Å². The molecule has 0 radical (unpaired) electrons. The summed E-state index contributed by atoms with van der Waals surface area (Å²) < 4.78 is 26.7. The molecule has 0 N–H and O–H groups in total. The highest BCUT2D eigenvalue weighted by Crippen LogP contribution is 2.49. The standard InChI is InChI=1S/C40H28N2O8S2/c1-3-47-39(45)31-29-25-19-11-13-21-27(25)37(43)49-33(29)41(23-15-7-5-8-16-23)35(31)51-52-36-32(40(46)48-4-2)30-26-20-12-14-22-28(26)38(44)50-34(30)42(36)24-17-9-6-10-18-24/h5-22H,3-4H2,1-2H3. The number of fused-ring (bicyclic) bond motifs is 6. The fourth-order valence-electron chi connectivity index (χ4n) is 6.44. The van der Waals surface area contributed by atoms with Crippen molar-refractivity contribution in [2.75, 3.05) is 13.2 Å². The van der Waals surface area contributed by atoms with Crippen LogP contribution in [0.15, 0.2) is 138 Å². The van der Waals surface area contributed by atoms with E-state index in [0.717, 1.165) is 0 Å². The molecule has 8 rings (SSSR count). The third-order valence-electron chi connectivity index (χ3n) is 8.57. The Morgan fingerprint density at radius 2 is 0.885 bits per heavy atom. The Bertz CT molecular complexity index is 2610. The summed E-state index contributed by atoms with van der Waals surface area (Å²) in [5.74, 6) is -1.23. The lowest BCUT2D eigenvalue weighted by Crippen LogP contribution is -2.07. The molecule has 0 spiro atoms. The molecule has 52 heavy (non-hydrogen) atoms. The number of nitrogens with zero attached hydrogens (tertiary/aromatic N) is 2. The summed E-state index contributed by atoms with van der Waals surface area (Å²) in [6.07, 6.45) is 0. The molecule has 0 saturated carbocycles. The second kappa shape index (κ2) is 13.6. The summed E-state index contributed by atoms with van der Waals surface area (Å²) in [7, 11) is 2.34. The van der Waals surface area contributed by atoms with Crippen molar-refractivity contribution in [1.82, 2.24) is 9.13 Å². The highest BCUT2D eigenvalue weighted by atomic mass is 33.1. The van der Waals surface area contributed by atoms with Crippen LogP contribution >= 0.6 is 21.6 Å². The first-order valence-corrected chi connectivity index (χ1v) is 18.6. The summed E-state index contributed by atoms with van der Waals surface area (Å²) >= 11 is 0. The van der Waals surface area contributed by atoms with Gasteiger partial charge >= 0.3 is 23.2 Å². The average molecular weight is 729 g/mol. The molecule has 0 saturated heterocycles. The van der Waals surface area contributed by atoms with Crippen LogP contribution in [-0.2, 0) is 9.47 Å². The summed E-state index contributed by atoms with van der Waals surface area (Å²) in [6.45, 7) is 3.64. The summed E-state index contributed by atoms with van der Waals surface area (Å²) in [5, 5.41) is 3.26. The van der Waals surface area contributed by atoms with Crippen LogP contribution in [0.3, 0.4) is 0 Å². The molecule has 0 aliphatic rings. The van der Waals surface area contributed by atoms with Gasteiger partial charge in [-0.3, -0.25) is 9.13 Å². The number of hydrogen-bond acceptors (Lipinski definition) is 10. The SMILES string of the molecule is CCOC(=O)c1c(SSc2c(C(=O)OCC)c3c4ccccc4c(=O)oc3n2-c2ccccc2)n(-c2ccccc2)c2oc(=O)c3ccccc3c12. The second-order valence-electron chi connectivity index (χ2n) is 11.5. The van der Waals surface area contributed by atoms with E-state index in [9.17, 15) is 19.2 Å². The maximum absolute atomic E-state index is 14.0. The molecule has 4 aromatic carbocycles. The van der Waals surface area contributed by atoms with Crippen molar-refractivity contribution >= 4 is 77.3 Å². The van der Waals surface area contributed by atoms with Gasteiger partial charge in [0.05, 0.1) is 34.8 Å². The average Bonchev–Trinajstić information content (AvgIpc) is 3.67. The molecule has 0 unspecified atom stereocenters. The number of hydrogen-bond donors (Lipinski definition) is 0. The normalized spacial score (nSPS) is 11.5. The first-order valence-electron chi connectivity index (χ1n) is 16.4. The largest absolute Gasteiger partial charge is 0.462 e. The van der Waals surface area contributed by atoms with E-state index in [1.54, 1.807) is 71.5 Å². The van der Waals surface area contributed by atoms with Crippen LogP contribution in [0.5, 0.6) is 0 Å². The van der Waals surface area contributed by atoms with Crippen LogP contribution in [-0.4, -0.2) is 34.3 Å². The smallest absolute Gasteiger partial charge is 0.345 e. The monoisotopic (exact) mass is 728 g/mol. The molecular weight excluding hydrogens is 701 g/mol. The van der Waals surface area contributed by atoms with Crippen molar-refractivity contribution in [3.63, 3.8) is 0 Å². The third kappa shape index (κ3) is 5.38. The maximum atomic E-state index is 14.0. The Balaban J connectivity index is 1.46. The molecule has 4 heterocycles. The highest BCUT2D eigenvalue weighted by molar-refractivity contribution is 8.76. The van der Waals surface area contributed by atoms with Crippen LogP contribution in [0.2, 0.25) is 0 Å². The fraction of sp³-hybridized carbons (Fsp3) is 0.100. The van der Waals surface area contributed by atoms with Crippen LogP contribution in [0.25, 0.3) is 55.1 Å². The van der Waals surface area contributed by atoms with E-state index in [1.165, 1.54) is 21.6 Å². The molecular formula is C40H28N2O8S2. The van der Waals surface area contributed by atoms with E-state index < -0.39 is 23.2 Å². The van der Waals surface area contributed by atoms with Gasteiger partial charge in [-0.1, -0.05) is 72.8 Å². The topological polar surface area (TPSA) is 123 Å². The number of para-hydroxylation sites is 2. The minimum absolute atomic E-state index is 0.101. The van der Waals surface area contributed by atoms with Gasteiger partial charge in [0, 0.05) is 22.1 Å². The molecule has 258 valence electrons. The van der Waals surface area contributed by atoms with Crippen molar-refractivity contribution < 1.29 is 27.9 Å². The lowest BCUT2D eigenvalue weighted by Gasteiger charge is -2.13. The van der Waals surface area contributed by atoms with E-state index in [-0.39, 0.29) is 35.8 Å². The summed E-state index contributed by atoms with van der Waals surface area (Å²) in [6, 6.07) is 32.3. The first kappa shape index (κ1) is 33.2. The number of esters is 2. The molecule has 10 nitrogen and oxygen atoms in total. The Kier molecular flexibility index (Phi) is 8.69. The maximum Gasteiger partial charge on any atom is 0.345 e. The molecule has 0 fully saturated rings. The lowest BCUT2D eigenvalue weighted by molar-refractivity contribution is 0.0514. The second-order valence-corrected chi connectivity index (χ2v) is 13.6. The summed E-state index contributed by atoms with van der Waals surface area (Å²) in [4.78, 5) is 54.8. The van der Waals surface area contributed by atoms with Crippen LogP contribution < -0.4 is 11.3 Å². The van der Waals surface area contributed by atoms with Crippen molar-refractivity contribution in [2.24, 2.45) is 0 Å². The number of ether oxygens (including phenoxy) is 2. The predicted molar refractivity (Wildman–Crippen MR) is 202 cm³/mol. The molecule has 4 aromatic heterocycles. The molecule has 0 aliphatic heterocycles. The van der Waals surface area contributed by atoms with Gasteiger partial charge in [0.2, 0.25) is 11.4 Å². The Labute approximate surface area is 302 Å². The van der Waals surface area contributed by atoms with E-state index in [1.807, 2.05) is 60.7 Å². The van der Waals surface area contributed by atoms with Gasteiger partial charge in [-0.05, 0) is 71.8 Å². The number of rotatable bonds is 9. The van der Waals surface area contributed by atoms with E-state index >= 15 is 0 Å². The van der Waals surface area contributed by atoms with E-state index in [4.69, 9.17) is 18.3 Å². The minimum Gasteiger partial charge on any atom is -0.462 e. The molecule has 0 bridgehead atoms. The van der Waals surface area contributed by atoms with Crippen molar-refractivity contribution in [2.45, 2.75) is 23.9 Å². The Morgan fingerprint density at radius 1 is 0.538 bits per heavy atom. The Morgan fingerprint density at radius 3 is 1.25 bits per heavy atom. The van der Waals surface area contributed by atoms with Gasteiger partial charge in [-0.25, -0.2) is 19.2 Å². The number of aromatic nitrogens is 2. The third-order valence-corrected chi connectivity index (χ3v) is 10.9. The lowest BCUT2D eigenvalue weighted by atomic mass is 10.1. The van der Waals surface area contributed by atoms with Gasteiger partial charge in [0.15, 0.2) is 0 Å². The molecule has 0 atom stereocenters. The van der Waals surface area contributed by atoms with Gasteiger partial charge in [0.1, 0.15) is 21.2 Å². The fourth-order valence-corrected chi connectivity index (χ4v) is 9.08. The summed E-state index contributed by atoms with van der Waals surface area (Å²) in [5.41, 5.74) is 0.817. The van der Waals surface area contributed by atoms with E-state index in [2.05, 4.69) is 0 Å². The number of benzene rings is 4. The van der Waals surface area contributed by atoms with Gasteiger partial charge in [-0.15, -0.1) is 0 Å². The molecule has 0 amide bonds. The van der Waals surface area contributed by atoms with Gasteiger partial charge < -0.3 is 18.3 Å². The quantitative estimate of drug-likeness (QED) is 0.105. The Hall–Kier alpha value is -5.98. The van der Waals surface area contributed by atoms with Crippen LogP contribution in [0.4, 0.5) is 0 Å². The van der Waals surface area contributed by atoms with E-state index in [0.29, 0.717) is 53.7 Å². The highest BCUT2D eigenvalue weighted by Gasteiger charge is 2.33.